The average Bonchev–Trinajstić information content (AvgIpc) is 2.08. The summed E-state index contributed by atoms with van der Waals surface area (Å²) in [7, 11) is -4.44. The molecule has 0 aromatic heterocycles. The van der Waals surface area contributed by atoms with Crippen molar-refractivity contribution >= 4 is 37.5 Å². The summed E-state index contributed by atoms with van der Waals surface area (Å²) in [6, 6.07) is 0. The van der Waals surface area contributed by atoms with Gasteiger partial charge in [-0.2, -0.15) is 0 Å². The van der Waals surface area contributed by atoms with Gasteiger partial charge in [-0.05, 0) is 38.3 Å². The Labute approximate surface area is 125 Å². The number of hydrogen-bond donors (Lipinski definition) is 0. The lowest BCUT2D eigenvalue weighted by Crippen LogP contribution is -2.54. The van der Waals surface area contributed by atoms with Crippen molar-refractivity contribution in [1.29, 1.82) is 0 Å². The Balaban J connectivity index is 6.21. The second-order valence-electron chi connectivity index (χ2n) is 8.30. The maximum Gasteiger partial charge on any atom is 0.179 e. The molecule has 0 heterocycles. The van der Waals surface area contributed by atoms with Crippen LogP contribution in [0.2, 0.25) is 58.9 Å². The third kappa shape index (κ3) is 6.72. The van der Waals surface area contributed by atoms with E-state index in [0.29, 0.717) is 0 Å². The molecule has 1 atom stereocenters. The van der Waals surface area contributed by atoms with E-state index in [1.54, 1.807) is 5.29 Å². The third-order valence-electron chi connectivity index (χ3n) is 2.71. The SMILES string of the molecule is CC/C(C)=P(=N[Si](C)(C)C)\N([Si](C)(C)C)[Si](C)(C)C. The normalized spacial score (nSPS) is 16.0. The first-order chi connectivity index (χ1) is 8.20. The molecule has 0 saturated heterocycles. The van der Waals surface area contributed by atoms with Crippen molar-refractivity contribution in [3.8, 4) is 0 Å². The van der Waals surface area contributed by atoms with Gasteiger partial charge in [0.1, 0.15) is 16.5 Å². The van der Waals surface area contributed by atoms with Gasteiger partial charge in [-0.15, -0.1) is 0 Å². The Morgan fingerprint density at radius 3 is 1.47 bits per heavy atom. The molecule has 0 radical (unpaired) electrons. The first kappa shape index (κ1) is 19.6. The number of rotatable bonds is 5. The fraction of sp³-hybridized carbons (Fsp3) is 0.923. The summed E-state index contributed by atoms with van der Waals surface area (Å²) in [5, 5.41) is 1.61. The second-order valence-corrected chi connectivity index (χ2v) is 26.0. The summed E-state index contributed by atoms with van der Waals surface area (Å²) in [6.07, 6.45) is 1.17. The van der Waals surface area contributed by atoms with Crippen molar-refractivity contribution in [3.05, 3.63) is 0 Å². The Morgan fingerprint density at radius 2 is 1.26 bits per heavy atom. The topological polar surface area (TPSA) is 15.6 Å². The fourth-order valence-electron chi connectivity index (χ4n) is 2.30. The van der Waals surface area contributed by atoms with Crippen molar-refractivity contribution in [2.24, 2.45) is 4.41 Å². The first-order valence-corrected chi connectivity index (χ1v) is 18.9. The number of nitrogens with zero attached hydrogens (tertiary/aromatic N) is 2. The van der Waals surface area contributed by atoms with Crippen molar-refractivity contribution in [2.75, 3.05) is 0 Å². The molecule has 0 saturated carbocycles. The highest BCUT2D eigenvalue weighted by molar-refractivity contribution is 7.53. The summed E-state index contributed by atoms with van der Waals surface area (Å²) in [6.45, 7) is 26.7. The van der Waals surface area contributed by atoms with Gasteiger partial charge in [0.05, 0.1) is 0 Å². The van der Waals surface area contributed by atoms with Gasteiger partial charge in [0.15, 0.2) is 8.24 Å². The third-order valence-corrected chi connectivity index (χ3v) is 18.5. The molecule has 0 aliphatic carbocycles. The molecular formula is C13H35N2PSi3. The van der Waals surface area contributed by atoms with Crippen LogP contribution < -0.4 is 0 Å². The van der Waals surface area contributed by atoms with Crippen LogP contribution in [-0.2, 0) is 0 Å². The van der Waals surface area contributed by atoms with Gasteiger partial charge >= 0.3 is 0 Å². The van der Waals surface area contributed by atoms with E-state index in [9.17, 15) is 0 Å². The quantitative estimate of drug-likeness (QED) is 0.446. The summed E-state index contributed by atoms with van der Waals surface area (Å²) in [4.78, 5) is 0. The van der Waals surface area contributed by atoms with E-state index < -0.39 is 24.7 Å². The van der Waals surface area contributed by atoms with E-state index in [-0.39, 0.29) is 7.49 Å². The van der Waals surface area contributed by atoms with Gasteiger partial charge in [-0.3, -0.25) is 8.41 Å². The van der Waals surface area contributed by atoms with Crippen LogP contribution in [0.15, 0.2) is 4.41 Å². The maximum absolute atomic E-state index is 5.37. The van der Waals surface area contributed by atoms with Crippen molar-refractivity contribution in [3.63, 3.8) is 0 Å². The highest BCUT2D eigenvalue weighted by Crippen LogP contribution is 2.37. The van der Waals surface area contributed by atoms with Crippen LogP contribution in [0.5, 0.6) is 0 Å². The second kappa shape index (κ2) is 6.56. The zero-order valence-corrected chi connectivity index (χ0v) is 18.9. The summed E-state index contributed by atoms with van der Waals surface area (Å²) in [5.41, 5.74) is 0. The first-order valence-electron chi connectivity index (χ1n) is 7.36. The molecule has 0 aliphatic heterocycles. The van der Waals surface area contributed by atoms with Crippen LogP contribution in [-0.4, -0.2) is 34.0 Å². The monoisotopic (exact) mass is 334 g/mol. The zero-order chi connectivity index (χ0) is 15.6. The molecule has 0 fully saturated rings. The standard InChI is InChI=1S/C13H35N2PSi3/c1-12-13(2)16(14-17(3,4)5)15(18(6,7)8)19(9,10)11/h12H2,1-11H3. The summed E-state index contributed by atoms with van der Waals surface area (Å²) >= 11 is 0. The van der Waals surface area contributed by atoms with Gasteiger partial charge in [0.25, 0.3) is 0 Å². The Hall–Kier alpha value is 0.581. The summed E-state index contributed by atoms with van der Waals surface area (Å²) in [5.74, 6) is 0. The van der Waals surface area contributed by atoms with Crippen molar-refractivity contribution in [1.82, 2.24) is 4.00 Å². The zero-order valence-electron chi connectivity index (χ0n) is 15.0. The van der Waals surface area contributed by atoms with Crippen LogP contribution in [0.4, 0.5) is 0 Å². The van der Waals surface area contributed by atoms with Crippen LogP contribution in [0.25, 0.3) is 0 Å². The van der Waals surface area contributed by atoms with E-state index >= 15 is 0 Å². The van der Waals surface area contributed by atoms with Crippen molar-refractivity contribution in [2.45, 2.75) is 79.2 Å². The highest BCUT2D eigenvalue weighted by atomic mass is 31.1. The lowest BCUT2D eigenvalue weighted by molar-refractivity contribution is 0.987. The van der Waals surface area contributed by atoms with E-state index in [1.165, 1.54) is 6.42 Å². The van der Waals surface area contributed by atoms with Gasteiger partial charge in [-0.25, -0.2) is 0 Å². The fourth-order valence-corrected chi connectivity index (χ4v) is 20.7. The van der Waals surface area contributed by atoms with Gasteiger partial charge < -0.3 is 0 Å². The molecule has 1 unspecified atom stereocenters. The average molecular weight is 335 g/mol. The molecule has 0 amide bonds. The van der Waals surface area contributed by atoms with Crippen LogP contribution in [0.3, 0.4) is 0 Å². The van der Waals surface area contributed by atoms with E-state index in [1.807, 2.05) is 0 Å². The molecule has 0 aromatic rings. The Morgan fingerprint density at radius 1 is 0.895 bits per heavy atom. The molecule has 19 heavy (non-hydrogen) atoms. The molecule has 0 rings (SSSR count). The van der Waals surface area contributed by atoms with E-state index in [4.69, 9.17) is 4.41 Å². The molecule has 0 spiro atoms. The number of hydrogen-bond acceptors (Lipinski definition) is 1. The lowest BCUT2D eigenvalue weighted by Gasteiger charge is -2.42. The van der Waals surface area contributed by atoms with E-state index in [0.717, 1.165) is 0 Å². The Bertz CT molecular complexity index is 378. The highest BCUT2D eigenvalue weighted by Gasteiger charge is 2.36. The Kier molecular flexibility index (Phi) is 6.76. The predicted molar refractivity (Wildman–Crippen MR) is 102 cm³/mol. The molecule has 6 heteroatoms. The lowest BCUT2D eigenvalue weighted by atomic mass is 10.4. The van der Waals surface area contributed by atoms with Crippen molar-refractivity contribution < 1.29 is 0 Å². The molecule has 114 valence electrons. The summed E-state index contributed by atoms with van der Waals surface area (Å²) < 4.78 is 8.30. The molecule has 0 bridgehead atoms. The molecule has 0 N–H and O–H groups in total. The smallest absolute Gasteiger partial charge is 0.179 e. The minimum absolute atomic E-state index is 0.389. The minimum Gasteiger partial charge on any atom is -0.299 e. The maximum atomic E-state index is 5.37. The molecule has 2 nitrogen and oxygen atoms in total. The van der Waals surface area contributed by atoms with Gasteiger partial charge in [0, 0.05) is 7.49 Å². The van der Waals surface area contributed by atoms with Crippen LogP contribution >= 0.6 is 7.49 Å². The van der Waals surface area contributed by atoms with E-state index in [2.05, 4.69) is 76.8 Å². The largest absolute Gasteiger partial charge is 0.299 e. The predicted octanol–water partition coefficient (Wildman–Crippen LogP) is 5.98. The minimum atomic E-state index is -1.38. The molecular weight excluding hydrogens is 299 g/mol. The van der Waals surface area contributed by atoms with Gasteiger partial charge in [0.2, 0.25) is 0 Å². The molecule has 0 aliphatic rings. The molecule has 0 aromatic carbocycles. The van der Waals surface area contributed by atoms with Gasteiger partial charge in [-0.1, -0.05) is 46.2 Å². The van der Waals surface area contributed by atoms with Crippen LogP contribution in [0.1, 0.15) is 20.3 Å². The van der Waals surface area contributed by atoms with Crippen LogP contribution in [0, 0.1) is 0 Å².